The topological polar surface area (TPSA) is 8.17 Å². The Balaban J connectivity index is 0.973. The van der Waals surface area contributed by atoms with Gasteiger partial charge in [0.15, 0.2) is 0 Å². The molecule has 2 unspecified atom stereocenters. The van der Waals surface area contributed by atoms with Gasteiger partial charge in [-0.2, -0.15) is 0 Å². The van der Waals surface area contributed by atoms with Crippen LogP contribution in [0.25, 0.3) is 76.5 Å². The van der Waals surface area contributed by atoms with Gasteiger partial charge in [-0.05, 0) is 155 Å². The van der Waals surface area contributed by atoms with Gasteiger partial charge in [0.25, 0.3) is 0 Å². The lowest BCUT2D eigenvalue weighted by atomic mass is 9.59. The molecule has 14 rings (SSSR count). The molecule has 3 aliphatic rings. The maximum Gasteiger partial charge on any atom is 0.0602 e. The van der Waals surface area contributed by atoms with Gasteiger partial charge < -0.3 is 9.47 Å². The van der Waals surface area contributed by atoms with Gasteiger partial charge in [-0.15, -0.1) is 0 Å². The van der Waals surface area contributed by atoms with Crippen molar-refractivity contribution in [2.24, 2.45) is 5.92 Å². The molecule has 71 heavy (non-hydrogen) atoms. The van der Waals surface area contributed by atoms with Crippen molar-refractivity contribution in [3.8, 4) is 16.8 Å². The van der Waals surface area contributed by atoms with Crippen molar-refractivity contribution in [1.82, 2.24) is 4.57 Å². The first-order valence-electron chi connectivity index (χ1n) is 25.5. The van der Waals surface area contributed by atoms with E-state index in [-0.39, 0.29) is 28.2 Å². The van der Waals surface area contributed by atoms with Gasteiger partial charge in [-0.1, -0.05) is 187 Å². The van der Waals surface area contributed by atoms with E-state index >= 15 is 0 Å². The van der Waals surface area contributed by atoms with E-state index in [2.05, 4.69) is 269 Å². The van der Waals surface area contributed by atoms with Crippen LogP contribution in [0.4, 0.5) is 11.4 Å². The Morgan fingerprint density at radius 1 is 0.366 bits per heavy atom. The van der Waals surface area contributed by atoms with Crippen LogP contribution in [0.3, 0.4) is 0 Å². The Labute approximate surface area is 416 Å². The molecule has 0 saturated carbocycles. The second-order valence-electron chi connectivity index (χ2n) is 22.1. The molecule has 2 heteroatoms. The highest BCUT2D eigenvalue weighted by atomic mass is 15.2. The monoisotopic (exact) mass is 912 g/mol. The molecule has 2 atom stereocenters. The molecule has 0 saturated heterocycles. The van der Waals surface area contributed by atoms with Crippen LogP contribution in [-0.2, 0) is 16.2 Å². The first-order chi connectivity index (χ1) is 34.5. The molecule has 0 N–H and O–H groups in total. The summed E-state index contributed by atoms with van der Waals surface area (Å²) in [6.45, 7) is 14.7. The summed E-state index contributed by atoms with van der Waals surface area (Å²) >= 11 is 0. The number of rotatable bonds is 4. The largest absolute Gasteiger partial charge is 0.334 e. The standard InChI is InChI=1S/C69H56N2/c1-67(2)57-28-18-19-29-58(57)68(3,4)61-40-52-51(39-60(61)67)49-26-16-17-27-50(49)54-42-66-62(41-53(52)54)69(5,6)59-33-30-46(38-65(59)71(66)48-24-14-9-15-25-48)45-32-35-64-56(37-45)55-36-44(43-20-10-7-11-21-43)31-34-63(55)70(64)47-22-12-8-13-23-47/h7-42,59,65H,1-6H3. The summed E-state index contributed by atoms with van der Waals surface area (Å²) in [6, 6.07) is 75.5. The molecule has 0 amide bonds. The van der Waals surface area contributed by atoms with Gasteiger partial charge >= 0.3 is 0 Å². The van der Waals surface area contributed by atoms with Gasteiger partial charge in [0.2, 0.25) is 0 Å². The Hall–Kier alpha value is -7.94. The van der Waals surface area contributed by atoms with Crippen LogP contribution in [0, 0.1) is 5.92 Å². The predicted octanol–water partition coefficient (Wildman–Crippen LogP) is 17.9. The summed E-state index contributed by atoms with van der Waals surface area (Å²) in [4.78, 5) is 2.66. The molecule has 2 aliphatic carbocycles. The molecule has 1 aromatic heterocycles. The predicted molar refractivity (Wildman–Crippen MR) is 302 cm³/mol. The van der Waals surface area contributed by atoms with Crippen molar-refractivity contribution in [2.45, 2.75) is 63.8 Å². The quantitative estimate of drug-likeness (QED) is 0.160. The highest BCUT2D eigenvalue weighted by Crippen LogP contribution is 2.56. The number of benzene rings is 10. The summed E-state index contributed by atoms with van der Waals surface area (Å²) in [7, 11) is 0. The Kier molecular flexibility index (Phi) is 8.89. The first kappa shape index (κ1) is 42.0. The van der Waals surface area contributed by atoms with E-state index in [1.54, 1.807) is 0 Å². The lowest BCUT2D eigenvalue weighted by Crippen LogP contribution is -2.50. The third-order valence-electron chi connectivity index (χ3n) is 17.3. The van der Waals surface area contributed by atoms with Crippen molar-refractivity contribution < 1.29 is 0 Å². The molecule has 0 fully saturated rings. The number of anilines is 2. The smallest absolute Gasteiger partial charge is 0.0602 e. The van der Waals surface area contributed by atoms with Crippen LogP contribution in [0.2, 0.25) is 0 Å². The fraction of sp³-hybridized carbons (Fsp3) is 0.159. The second-order valence-corrected chi connectivity index (χ2v) is 22.1. The van der Waals surface area contributed by atoms with Crippen LogP contribution < -0.4 is 4.90 Å². The van der Waals surface area contributed by atoms with Gasteiger partial charge in [-0.3, -0.25) is 0 Å². The molecule has 10 aromatic carbocycles. The maximum atomic E-state index is 2.66. The molecule has 342 valence electrons. The molecule has 2 heterocycles. The number of hydrogen-bond acceptors (Lipinski definition) is 1. The van der Waals surface area contributed by atoms with Crippen molar-refractivity contribution >= 4 is 71.1 Å². The van der Waals surface area contributed by atoms with Gasteiger partial charge in [0.1, 0.15) is 0 Å². The SMILES string of the molecule is CC1(C)c2ccccc2C(C)(C)c2cc3c(cc21)c1ccccc1c1cc2c(cc13)C(C)(C)C1C=CC(c3ccc4c(c3)c3cc(-c5ccccc5)ccc3n4-c3ccccc3)=CC1N2c1ccccc1. The van der Waals surface area contributed by atoms with E-state index < -0.39 is 0 Å². The van der Waals surface area contributed by atoms with E-state index in [1.807, 2.05) is 0 Å². The summed E-state index contributed by atoms with van der Waals surface area (Å²) < 4.78 is 2.43. The van der Waals surface area contributed by atoms with E-state index in [1.165, 1.54) is 121 Å². The van der Waals surface area contributed by atoms with Crippen molar-refractivity contribution in [3.05, 3.63) is 252 Å². The lowest BCUT2D eigenvalue weighted by Gasteiger charge is -2.51. The molecule has 2 nitrogen and oxygen atoms in total. The maximum absolute atomic E-state index is 2.66. The zero-order chi connectivity index (χ0) is 48.0. The minimum Gasteiger partial charge on any atom is -0.334 e. The fourth-order valence-corrected chi connectivity index (χ4v) is 13.5. The first-order valence-corrected chi connectivity index (χ1v) is 25.5. The van der Waals surface area contributed by atoms with Crippen molar-refractivity contribution in [1.29, 1.82) is 0 Å². The van der Waals surface area contributed by atoms with Crippen molar-refractivity contribution in [3.63, 3.8) is 0 Å². The molecule has 0 spiro atoms. The minimum absolute atomic E-state index is 0.0743. The minimum atomic E-state index is -0.189. The number of allylic oxidation sites excluding steroid dienone is 2. The summed E-state index contributed by atoms with van der Waals surface area (Å²) in [6.07, 6.45) is 7.53. The highest BCUT2D eigenvalue weighted by Gasteiger charge is 2.47. The third-order valence-corrected chi connectivity index (χ3v) is 17.3. The van der Waals surface area contributed by atoms with Crippen molar-refractivity contribution in [2.75, 3.05) is 4.90 Å². The number of hydrogen-bond donors (Lipinski definition) is 0. The normalized spacial score (nSPS) is 18.3. The van der Waals surface area contributed by atoms with Gasteiger partial charge in [0.05, 0.1) is 17.1 Å². The van der Waals surface area contributed by atoms with E-state index in [4.69, 9.17) is 0 Å². The molecule has 0 radical (unpaired) electrons. The zero-order valence-corrected chi connectivity index (χ0v) is 41.3. The molecular formula is C69H56N2. The van der Waals surface area contributed by atoms with E-state index in [0.29, 0.717) is 0 Å². The third kappa shape index (κ3) is 6.01. The van der Waals surface area contributed by atoms with Crippen LogP contribution in [-0.4, -0.2) is 10.6 Å². The number of nitrogens with zero attached hydrogens (tertiary/aromatic N) is 2. The Morgan fingerprint density at radius 2 is 0.845 bits per heavy atom. The Bertz CT molecular complexity index is 4070. The number of para-hydroxylation sites is 2. The zero-order valence-electron chi connectivity index (χ0n) is 41.3. The summed E-state index contributed by atoms with van der Waals surface area (Å²) in [5.74, 6) is 0.212. The Morgan fingerprint density at radius 3 is 1.45 bits per heavy atom. The lowest BCUT2D eigenvalue weighted by molar-refractivity contribution is 0.333. The van der Waals surface area contributed by atoms with Gasteiger partial charge in [-0.25, -0.2) is 0 Å². The molecule has 11 aromatic rings. The molecule has 0 bridgehead atoms. The second kappa shape index (κ2) is 15.0. The highest BCUT2D eigenvalue weighted by molar-refractivity contribution is 6.26. The number of fused-ring (bicyclic) bond motifs is 13. The average Bonchev–Trinajstić information content (AvgIpc) is 3.74. The van der Waals surface area contributed by atoms with E-state index in [9.17, 15) is 0 Å². The summed E-state index contributed by atoms with van der Waals surface area (Å²) in [5, 5.41) is 10.5. The van der Waals surface area contributed by atoms with E-state index in [0.717, 1.165) is 0 Å². The van der Waals surface area contributed by atoms with Crippen LogP contribution >= 0.6 is 0 Å². The molecule has 1 aliphatic heterocycles. The van der Waals surface area contributed by atoms with Crippen LogP contribution in [0.15, 0.2) is 218 Å². The number of aromatic nitrogens is 1. The van der Waals surface area contributed by atoms with Crippen LogP contribution in [0.1, 0.15) is 74.9 Å². The van der Waals surface area contributed by atoms with Gasteiger partial charge in [0, 0.05) is 50.0 Å². The molecular weight excluding hydrogens is 857 g/mol. The fourth-order valence-electron chi connectivity index (χ4n) is 13.5. The average molecular weight is 913 g/mol. The summed E-state index contributed by atoms with van der Waals surface area (Å²) in [5.41, 5.74) is 17.7. The van der Waals surface area contributed by atoms with Crippen LogP contribution in [0.5, 0.6) is 0 Å².